The van der Waals surface area contributed by atoms with Crippen molar-refractivity contribution >= 4 is 6.08 Å². The zero-order valence-corrected chi connectivity index (χ0v) is 11.0. The topological polar surface area (TPSA) is 0 Å². The van der Waals surface area contributed by atoms with Crippen LogP contribution in [-0.4, -0.2) is 0 Å². The van der Waals surface area contributed by atoms with Gasteiger partial charge in [-0.1, -0.05) is 72.8 Å². The fourth-order valence-corrected chi connectivity index (χ4v) is 3.98. The molecule has 0 nitrogen and oxygen atoms in total. The van der Waals surface area contributed by atoms with Crippen molar-refractivity contribution < 1.29 is 0 Å². The lowest BCUT2D eigenvalue weighted by Crippen LogP contribution is -2.63. The number of hydrogen-bond donors (Lipinski definition) is 0. The van der Waals surface area contributed by atoms with Gasteiger partial charge in [-0.2, -0.15) is 0 Å². The van der Waals surface area contributed by atoms with Crippen molar-refractivity contribution in [3.8, 4) is 0 Å². The molecule has 0 heteroatoms. The maximum Gasteiger partial charge on any atom is -0.00222 e. The van der Waals surface area contributed by atoms with Gasteiger partial charge in [-0.25, -0.2) is 0 Å². The Morgan fingerprint density at radius 1 is 0.737 bits per heavy atom. The Balaban J connectivity index is 1.47. The van der Waals surface area contributed by atoms with E-state index in [2.05, 4.69) is 72.8 Å². The predicted molar refractivity (Wildman–Crippen MR) is 79.9 cm³/mol. The van der Waals surface area contributed by atoms with Crippen molar-refractivity contribution in [1.29, 1.82) is 0 Å². The molecule has 19 heavy (non-hydrogen) atoms. The molecule has 0 spiro atoms. The summed E-state index contributed by atoms with van der Waals surface area (Å²) in [5.41, 5.74) is 3.89. The first-order chi connectivity index (χ1) is 9.30. The van der Waals surface area contributed by atoms with Crippen molar-refractivity contribution in [2.24, 2.45) is 5.41 Å². The average Bonchev–Trinajstić information content (AvgIpc) is 2.38. The summed E-state index contributed by atoms with van der Waals surface area (Å²) >= 11 is 0. The molecule has 0 unspecified atom stereocenters. The summed E-state index contributed by atoms with van der Waals surface area (Å²) in [6, 6.07) is 21.7. The first-order valence-electron chi connectivity index (χ1n) is 7.10. The van der Waals surface area contributed by atoms with E-state index in [0.29, 0.717) is 10.8 Å². The normalized spacial score (nSPS) is 31.8. The van der Waals surface area contributed by atoms with Gasteiger partial charge < -0.3 is 0 Å². The van der Waals surface area contributed by atoms with Gasteiger partial charge in [0.05, 0.1) is 0 Å². The van der Waals surface area contributed by atoms with Crippen molar-refractivity contribution in [3.63, 3.8) is 0 Å². The van der Waals surface area contributed by atoms with Crippen molar-refractivity contribution in [1.82, 2.24) is 0 Å². The van der Waals surface area contributed by atoms with E-state index < -0.39 is 0 Å². The molecule has 3 fully saturated rings. The highest BCUT2D eigenvalue weighted by Crippen LogP contribution is 2.74. The van der Waals surface area contributed by atoms with Gasteiger partial charge >= 0.3 is 0 Å². The van der Waals surface area contributed by atoms with Crippen LogP contribution in [-0.2, 0) is 5.41 Å². The fraction of sp³-hybridized carbons (Fsp3) is 0.263. The van der Waals surface area contributed by atoms with Crippen LogP contribution in [0.3, 0.4) is 0 Å². The molecule has 5 rings (SSSR count). The highest BCUT2D eigenvalue weighted by atomic mass is 14.7. The third kappa shape index (κ3) is 1.67. The first kappa shape index (κ1) is 11.0. The summed E-state index contributed by atoms with van der Waals surface area (Å²) in [6.07, 6.45) is 8.77. The van der Waals surface area contributed by atoms with Crippen molar-refractivity contribution in [2.75, 3.05) is 0 Å². The minimum atomic E-state index is 0.506. The van der Waals surface area contributed by atoms with E-state index in [1.807, 2.05) is 0 Å². The van der Waals surface area contributed by atoms with Gasteiger partial charge in [-0.3, -0.25) is 0 Å². The molecule has 0 radical (unpaired) electrons. The van der Waals surface area contributed by atoms with Crippen molar-refractivity contribution in [3.05, 3.63) is 77.9 Å². The van der Waals surface area contributed by atoms with Crippen LogP contribution in [0.25, 0.3) is 6.08 Å². The van der Waals surface area contributed by atoms with E-state index >= 15 is 0 Å². The standard InChI is InChI=1S/C19H18/c1-3-7-16(8-4-1)11-12-18-13-19(14-18,15-18)17-9-5-2-6-10-17/h1-12H,13-15H2/b12-11+. The Morgan fingerprint density at radius 2 is 1.32 bits per heavy atom. The average molecular weight is 246 g/mol. The van der Waals surface area contributed by atoms with E-state index in [1.54, 1.807) is 5.56 Å². The lowest BCUT2D eigenvalue weighted by Gasteiger charge is -2.70. The SMILES string of the molecule is C(=C\C12CC(c3ccccc3)(C1)C2)/c1ccccc1. The summed E-state index contributed by atoms with van der Waals surface area (Å²) in [5.74, 6) is 0. The van der Waals surface area contributed by atoms with Crippen LogP contribution in [0.2, 0.25) is 0 Å². The molecule has 2 aromatic rings. The van der Waals surface area contributed by atoms with E-state index in [1.165, 1.54) is 24.8 Å². The number of benzene rings is 2. The summed E-state index contributed by atoms with van der Waals surface area (Å²) in [5, 5.41) is 0. The molecule has 0 heterocycles. The van der Waals surface area contributed by atoms with Crippen LogP contribution < -0.4 is 0 Å². The van der Waals surface area contributed by atoms with Crippen LogP contribution in [0.15, 0.2) is 66.7 Å². The van der Waals surface area contributed by atoms with Crippen molar-refractivity contribution in [2.45, 2.75) is 24.7 Å². The summed E-state index contributed by atoms with van der Waals surface area (Å²) in [4.78, 5) is 0. The Labute approximate surface area is 114 Å². The molecule has 0 atom stereocenters. The maximum atomic E-state index is 2.45. The largest absolute Gasteiger partial charge is 0.0776 e. The van der Waals surface area contributed by atoms with Gasteiger partial charge in [-0.05, 0) is 41.2 Å². The minimum absolute atomic E-state index is 0.506. The lowest BCUT2D eigenvalue weighted by atomic mass is 9.33. The van der Waals surface area contributed by atoms with E-state index in [0.717, 1.165) is 0 Å². The first-order valence-corrected chi connectivity index (χ1v) is 7.10. The Hall–Kier alpha value is -1.82. The Morgan fingerprint density at radius 3 is 1.95 bits per heavy atom. The second kappa shape index (κ2) is 3.84. The van der Waals surface area contributed by atoms with Gasteiger partial charge in [0.15, 0.2) is 0 Å². The number of rotatable bonds is 3. The molecule has 0 N–H and O–H groups in total. The molecule has 3 aliphatic rings. The molecule has 94 valence electrons. The fourth-order valence-electron chi connectivity index (χ4n) is 3.98. The van der Waals surface area contributed by atoms with Gasteiger partial charge in [0, 0.05) is 0 Å². The molecule has 2 bridgehead atoms. The van der Waals surface area contributed by atoms with Crippen LogP contribution in [0.4, 0.5) is 0 Å². The van der Waals surface area contributed by atoms with Gasteiger partial charge in [-0.15, -0.1) is 0 Å². The maximum absolute atomic E-state index is 2.45. The van der Waals surface area contributed by atoms with E-state index in [9.17, 15) is 0 Å². The molecule has 0 aromatic heterocycles. The van der Waals surface area contributed by atoms with Crippen LogP contribution in [0.1, 0.15) is 30.4 Å². The van der Waals surface area contributed by atoms with Crippen LogP contribution in [0.5, 0.6) is 0 Å². The third-order valence-electron chi connectivity index (χ3n) is 4.89. The zero-order valence-electron chi connectivity index (χ0n) is 11.0. The molecule has 3 saturated carbocycles. The second-order valence-corrected chi connectivity index (χ2v) is 6.28. The lowest BCUT2D eigenvalue weighted by molar-refractivity contribution is -0.0990. The van der Waals surface area contributed by atoms with E-state index in [4.69, 9.17) is 0 Å². The highest BCUT2D eigenvalue weighted by Gasteiger charge is 2.66. The summed E-state index contributed by atoms with van der Waals surface area (Å²) in [7, 11) is 0. The number of hydrogen-bond acceptors (Lipinski definition) is 0. The van der Waals surface area contributed by atoms with E-state index in [-0.39, 0.29) is 0 Å². The molecule has 0 amide bonds. The molecular weight excluding hydrogens is 228 g/mol. The molecule has 0 saturated heterocycles. The van der Waals surface area contributed by atoms with Gasteiger partial charge in [0.1, 0.15) is 0 Å². The van der Waals surface area contributed by atoms with Crippen LogP contribution in [0, 0.1) is 5.41 Å². The molecule has 0 aliphatic heterocycles. The van der Waals surface area contributed by atoms with Crippen LogP contribution >= 0.6 is 0 Å². The quantitative estimate of drug-likeness (QED) is 0.728. The molecule has 3 aliphatic carbocycles. The Bertz CT molecular complexity index is 587. The predicted octanol–water partition coefficient (Wildman–Crippen LogP) is 4.82. The second-order valence-electron chi connectivity index (χ2n) is 6.28. The Kier molecular flexibility index (Phi) is 2.23. The van der Waals surface area contributed by atoms with Gasteiger partial charge in [0.2, 0.25) is 0 Å². The smallest absolute Gasteiger partial charge is 0.00222 e. The third-order valence-corrected chi connectivity index (χ3v) is 4.89. The van der Waals surface area contributed by atoms with Gasteiger partial charge in [0.25, 0.3) is 0 Å². The monoisotopic (exact) mass is 246 g/mol. The summed E-state index contributed by atoms with van der Waals surface area (Å²) < 4.78 is 0. The highest BCUT2D eigenvalue weighted by molar-refractivity contribution is 5.53. The summed E-state index contributed by atoms with van der Waals surface area (Å²) in [6.45, 7) is 0. The molecular formula is C19H18. The number of allylic oxidation sites excluding steroid dienone is 1. The zero-order chi connectivity index (χ0) is 12.8. The molecule has 2 aromatic carbocycles. The minimum Gasteiger partial charge on any atom is -0.0776 e.